The smallest absolute Gasteiger partial charge is 0.408 e. The van der Waals surface area contributed by atoms with Crippen LogP contribution in [-0.4, -0.2) is 36.7 Å². The average molecular weight is 348 g/mol. The molecular weight excluding hydrogens is 324 g/mol. The quantitative estimate of drug-likeness (QED) is 0.581. The van der Waals surface area contributed by atoms with Crippen molar-refractivity contribution in [3.63, 3.8) is 0 Å². The summed E-state index contributed by atoms with van der Waals surface area (Å²) in [6.07, 6.45) is 0.696. The van der Waals surface area contributed by atoms with Crippen LogP contribution in [0.4, 0.5) is 4.79 Å². The van der Waals surface area contributed by atoms with E-state index in [0.29, 0.717) is 5.56 Å². The van der Waals surface area contributed by atoms with E-state index in [2.05, 4.69) is 17.2 Å². The number of carbonyl (C=O) groups excluding carboxylic acids is 3. The van der Waals surface area contributed by atoms with Crippen molar-refractivity contribution < 1.29 is 23.9 Å². The summed E-state index contributed by atoms with van der Waals surface area (Å²) in [4.78, 5) is 35.9. The molecule has 25 heavy (non-hydrogen) atoms. The van der Waals surface area contributed by atoms with Crippen molar-refractivity contribution >= 4 is 18.0 Å². The highest BCUT2D eigenvalue weighted by atomic mass is 16.6. The van der Waals surface area contributed by atoms with E-state index in [1.807, 2.05) is 0 Å². The molecule has 0 spiro atoms. The lowest BCUT2D eigenvalue weighted by molar-refractivity contribution is -0.143. The monoisotopic (exact) mass is 348 g/mol. The molecule has 2 N–H and O–H groups in total. The lowest BCUT2D eigenvalue weighted by atomic mass is 10.1. The molecule has 0 heterocycles. The largest absolute Gasteiger partial charge is 0.460 e. The van der Waals surface area contributed by atoms with Gasteiger partial charge in [0.1, 0.15) is 24.8 Å². The van der Waals surface area contributed by atoms with Crippen LogP contribution in [0.3, 0.4) is 0 Å². The van der Waals surface area contributed by atoms with Gasteiger partial charge < -0.3 is 20.1 Å². The molecular formula is C18H24N2O5. The molecule has 7 nitrogen and oxygen atoms in total. The third kappa shape index (κ3) is 8.01. The number of ether oxygens (including phenoxy) is 2. The predicted octanol–water partition coefficient (Wildman–Crippen LogP) is 2.10. The molecule has 2 amide bonds. The second kappa shape index (κ2) is 9.46. The molecule has 0 aliphatic rings. The maximum Gasteiger partial charge on any atom is 0.408 e. The van der Waals surface area contributed by atoms with E-state index in [1.165, 1.54) is 6.08 Å². The van der Waals surface area contributed by atoms with Gasteiger partial charge in [-0.1, -0.05) is 43.0 Å². The Kier molecular flexibility index (Phi) is 7.65. The molecule has 0 saturated heterocycles. The first-order chi connectivity index (χ1) is 11.7. The Hall–Kier alpha value is -2.83. The Balaban J connectivity index is 2.77. The van der Waals surface area contributed by atoms with Crippen molar-refractivity contribution in [3.05, 3.63) is 48.6 Å². The topological polar surface area (TPSA) is 93.7 Å². The average Bonchev–Trinajstić information content (AvgIpc) is 2.54. The van der Waals surface area contributed by atoms with Gasteiger partial charge in [-0.15, -0.1) is 0 Å². The fourth-order valence-corrected chi connectivity index (χ4v) is 1.84. The molecule has 1 aromatic rings. The van der Waals surface area contributed by atoms with Gasteiger partial charge >= 0.3 is 12.1 Å². The molecule has 0 saturated carbocycles. The minimum Gasteiger partial charge on any atom is -0.460 e. The van der Waals surface area contributed by atoms with Gasteiger partial charge in [0, 0.05) is 0 Å². The minimum atomic E-state index is -0.997. The number of alkyl carbamates (subject to hydrolysis) is 1. The highest BCUT2D eigenvalue weighted by molar-refractivity contribution is 5.89. The van der Waals surface area contributed by atoms with Crippen molar-refractivity contribution in [2.24, 2.45) is 0 Å². The van der Waals surface area contributed by atoms with Crippen LogP contribution in [-0.2, 0) is 19.1 Å². The normalized spacial score (nSPS) is 11.8. The minimum absolute atomic E-state index is 0.0625. The number of hydrogen-bond acceptors (Lipinski definition) is 5. The van der Waals surface area contributed by atoms with Crippen LogP contribution in [0.25, 0.3) is 0 Å². The highest BCUT2D eigenvalue weighted by Gasteiger charge is 2.26. The van der Waals surface area contributed by atoms with Crippen molar-refractivity contribution in [2.75, 3.05) is 13.2 Å². The summed E-state index contributed by atoms with van der Waals surface area (Å²) in [5.41, 5.74) is -0.138. The van der Waals surface area contributed by atoms with Gasteiger partial charge in [-0.2, -0.15) is 0 Å². The molecule has 0 fully saturated rings. The van der Waals surface area contributed by atoms with Gasteiger partial charge in [0.25, 0.3) is 0 Å². The zero-order chi connectivity index (χ0) is 18.9. The summed E-state index contributed by atoms with van der Waals surface area (Å²) in [7, 11) is 0. The van der Waals surface area contributed by atoms with Crippen LogP contribution in [0, 0.1) is 0 Å². The fraction of sp³-hybridized carbons (Fsp3) is 0.389. The fourth-order valence-electron chi connectivity index (χ4n) is 1.84. The molecule has 1 atom stereocenters. The first-order valence-corrected chi connectivity index (χ1v) is 7.81. The van der Waals surface area contributed by atoms with E-state index in [-0.39, 0.29) is 13.2 Å². The van der Waals surface area contributed by atoms with Crippen molar-refractivity contribution in [1.29, 1.82) is 0 Å². The van der Waals surface area contributed by atoms with Crippen LogP contribution in [0.1, 0.15) is 32.4 Å². The van der Waals surface area contributed by atoms with E-state index in [4.69, 9.17) is 9.47 Å². The second-order valence-corrected chi connectivity index (χ2v) is 6.18. The lowest BCUT2D eigenvalue weighted by Crippen LogP contribution is -2.43. The van der Waals surface area contributed by atoms with E-state index in [0.717, 1.165) is 0 Å². The van der Waals surface area contributed by atoms with Crippen molar-refractivity contribution in [1.82, 2.24) is 10.6 Å². The maximum atomic E-state index is 12.4. The molecule has 0 aromatic heterocycles. The summed E-state index contributed by atoms with van der Waals surface area (Å²) in [6.45, 7) is 8.35. The molecule has 1 rings (SSSR count). The summed E-state index contributed by atoms with van der Waals surface area (Å²) in [5.74, 6) is -1.15. The van der Waals surface area contributed by atoms with Gasteiger partial charge in [0.05, 0.1) is 0 Å². The van der Waals surface area contributed by atoms with Gasteiger partial charge in [-0.05, 0) is 26.3 Å². The SMILES string of the molecule is C=CCOC(=O)CNC(=O)[C@@H](NC(=O)OC(C)(C)C)c1ccccc1. The molecule has 0 radical (unpaired) electrons. The maximum absolute atomic E-state index is 12.4. The first-order valence-electron chi connectivity index (χ1n) is 7.81. The number of nitrogens with one attached hydrogen (secondary N) is 2. The summed E-state index contributed by atoms with van der Waals surface area (Å²) in [5, 5.41) is 4.96. The van der Waals surface area contributed by atoms with Crippen LogP contribution < -0.4 is 10.6 Å². The van der Waals surface area contributed by atoms with E-state index >= 15 is 0 Å². The number of hydrogen-bond donors (Lipinski definition) is 2. The Labute approximate surface area is 147 Å². The second-order valence-electron chi connectivity index (χ2n) is 6.18. The zero-order valence-electron chi connectivity index (χ0n) is 14.7. The van der Waals surface area contributed by atoms with Crippen molar-refractivity contribution in [2.45, 2.75) is 32.4 Å². The molecule has 7 heteroatoms. The molecule has 0 bridgehead atoms. The number of benzene rings is 1. The van der Waals surface area contributed by atoms with Gasteiger partial charge in [0.15, 0.2) is 0 Å². The third-order valence-electron chi connectivity index (χ3n) is 2.83. The summed E-state index contributed by atoms with van der Waals surface area (Å²) >= 11 is 0. The highest BCUT2D eigenvalue weighted by Crippen LogP contribution is 2.14. The van der Waals surface area contributed by atoms with E-state index in [1.54, 1.807) is 51.1 Å². The van der Waals surface area contributed by atoms with Crippen LogP contribution in [0.5, 0.6) is 0 Å². The zero-order valence-corrected chi connectivity index (χ0v) is 14.7. The standard InChI is InChI=1S/C18H24N2O5/c1-5-11-24-14(21)12-19-16(22)15(13-9-7-6-8-10-13)20-17(23)25-18(2,3)4/h5-10,15H,1,11-12H2,2-4H3,(H,19,22)(H,20,23)/t15-/m0/s1. The molecule has 1 aromatic carbocycles. The van der Waals surface area contributed by atoms with Gasteiger partial charge in [-0.3, -0.25) is 9.59 Å². The third-order valence-corrected chi connectivity index (χ3v) is 2.83. The van der Waals surface area contributed by atoms with Crippen LogP contribution >= 0.6 is 0 Å². The van der Waals surface area contributed by atoms with Crippen LogP contribution in [0.15, 0.2) is 43.0 Å². The first kappa shape index (κ1) is 20.2. The van der Waals surface area contributed by atoms with Crippen LogP contribution in [0.2, 0.25) is 0 Å². The molecule has 136 valence electrons. The number of carbonyl (C=O) groups is 3. The summed E-state index contributed by atoms with van der Waals surface area (Å²) < 4.78 is 9.98. The number of rotatable bonds is 7. The van der Waals surface area contributed by atoms with Crippen molar-refractivity contribution in [3.8, 4) is 0 Å². The predicted molar refractivity (Wildman–Crippen MR) is 92.7 cm³/mol. The molecule has 0 aliphatic carbocycles. The number of esters is 1. The Morgan fingerprint density at radius 1 is 1.20 bits per heavy atom. The Bertz CT molecular complexity index is 608. The number of amides is 2. The molecule has 0 unspecified atom stereocenters. The lowest BCUT2D eigenvalue weighted by Gasteiger charge is -2.23. The summed E-state index contributed by atoms with van der Waals surface area (Å²) in [6, 6.07) is 7.66. The van der Waals surface area contributed by atoms with E-state index in [9.17, 15) is 14.4 Å². The van der Waals surface area contributed by atoms with Gasteiger partial charge in [0.2, 0.25) is 5.91 Å². The Morgan fingerprint density at radius 3 is 2.40 bits per heavy atom. The Morgan fingerprint density at radius 2 is 1.84 bits per heavy atom. The molecule has 0 aliphatic heterocycles. The van der Waals surface area contributed by atoms with Gasteiger partial charge in [-0.25, -0.2) is 4.79 Å². The van der Waals surface area contributed by atoms with E-state index < -0.39 is 29.6 Å².